The molecule has 1 rings (SSSR count). The van der Waals surface area contributed by atoms with Crippen LogP contribution in [0.25, 0.3) is 0 Å². The Hall–Kier alpha value is -1.69. The highest BCUT2D eigenvalue weighted by Crippen LogP contribution is 2.24. The minimum atomic E-state index is -0.731. The van der Waals surface area contributed by atoms with Crippen molar-refractivity contribution in [3.8, 4) is 0 Å². The number of rotatable bonds is 6. The summed E-state index contributed by atoms with van der Waals surface area (Å²) in [7, 11) is 1.59. The van der Waals surface area contributed by atoms with Gasteiger partial charge in [0.2, 0.25) is 5.91 Å². The van der Waals surface area contributed by atoms with Gasteiger partial charge in [0.05, 0.1) is 0 Å². The first kappa shape index (κ1) is 22.4. The second kappa shape index (κ2) is 9.31. The van der Waals surface area contributed by atoms with E-state index in [-0.39, 0.29) is 10.7 Å². The van der Waals surface area contributed by atoms with Gasteiger partial charge in [0.15, 0.2) is 0 Å². The summed E-state index contributed by atoms with van der Waals surface area (Å²) in [6, 6.07) is 8.54. The van der Waals surface area contributed by atoms with Crippen LogP contribution in [0.2, 0.25) is 0 Å². The summed E-state index contributed by atoms with van der Waals surface area (Å²) in [4.78, 5) is 26.6. The van der Waals surface area contributed by atoms with Crippen LogP contribution in [0.3, 0.4) is 0 Å². The van der Waals surface area contributed by atoms with E-state index < -0.39 is 17.7 Å². The fourth-order valence-electron chi connectivity index (χ4n) is 2.25. The number of nitrogens with one attached hydrogen (secondary N) is 1. The number of ether oxygens (including phenoxy) is 1. The highest BCUT2D eigenvalue weighted by molar-refractivity contribution is 8.00. The molecule has 0 bridgehead atoms. The smallest absolute Gasteiger partial charge is 0.410 e. The van der Waals surface area contributed by atoms with Gasteiger partial charge in [0, 0.05) is 24.1 Å². The molecule has 0 heterocycles. The summed E-state index contributed by atoms with van der Waals surface area (Å²) < 4.78 is 5.57. The molecule has 0 radical (unpaired) electrons. The van der Waals surface area contributed by atoms with Crippen LogP contribution in [0.4, 0.5) is 4.79 Å². The Morgan fingerprint density at radius 3 is 2.19 bits per heavy atom. The standard InChI is InChI=1S/C20H32N2O3S/c1-19(2,3)25-18(24)22(7)16(15-11-9-8-10-12-15)17(23)21-13-14-26-20(4,5)6/h8-12,16H,13-14H2,1-7H3,(H,21,23). The lowest BCUT2D eigenvalue weighted by Crippen LogP contribution is -2.44. The Balaban J connectivity index is 2.85. The van der Waals surface area contributed by atoms with Gasteiger partial charge >= 0.3 is 6.09 Å². The lowest BCUT2D eigenvalue weighted by atomic mass is 10.1. The van der Waals surface area contributed by atoms with Crippen LogP contribution in [-0.4, -0.2) is 46.6 Å². The topological polar surface area (TPSA) is 58.6 Å². The van der Waals surface area contributed by atoms with Crippen molar-refractivity contribution in [1.82, 2.24) is 10.2 Å². The molecular formula is C20H32N2O3S. The minimum absolute atomic E-state index is 0.150. The number of nitrogens with zero attached hydrogens (tertiary/aromatic N) is 1. The van der Waals surface area contributed by atoms with Gasteiger partial charge in [-0.1, -0.05) is 51.1 Å². The Kier molecular flexibility index (Phi) is 8.00. The second-order valence-corrected chi connectivity index (χ2v) is 10.1. The Labute approximate surface area is 161 Å². The average molecular weight is 381 g/mol. The molecule has 0 aliphatic carbocycles. The summed E-state index contributed by atoms with van der Waals surface area (Å²) in [6.07, 6.45) is -0.523. The summed E-state index contributed by atoms with van der Waals surface area (Å²) in [6.45, 7) is 12.4. The number of thioether (sulfide) groups is 1. The average Bonchev–Trinajstić information content (AvgIpc) is 2.50. The molecular weight excluding hydrogens is 348 g/mol. The van der Waals surface area contributed by atoms with Crippen molar-refractivity contribution in [2.45, 2.75) is 57.9 Å². The van der Waals surface area contributed by atoms with Gasteiger partial charge in [-0.05, 0) is 26.3 Å². The third kappa shape index (κ3) is 8.13. The number of amides is 2. The van der Waals surface area contributed by atoms with Crippen molar-refractivity contribution < 1.29 is 14.3 Å². The van der Waals surface area contributed by atoms with Gasteiger partial charge in [-0.25, -0.2) is 4.79 Å². The lowest BCUT2D eigenvalue weighted by molar-refractivity contribution is -0.126. The molecule has 0 spiro atoms. The molecule has 0 aliphatic heterocycles. The van der Waals surface area contributed by atoms with Crippen molar-refractivity contribution in [1.29, 1.82) is 0 Å². The maximum absolute atomic E-state index is 12.8. The monoisotopic (exact) mass is 380 g/mol. The largest absolute Gasteiger partial charge is 0.444 e. The molecule has 1 aromatic carbocycles. The predicted molar refractivity (Wildman–Crippen MR) is 108 cm³/mol. The molecule has 0 fully saturated rings. The van der Waals surface area contributed by atoms with Crippen LogP contribution in [0.15, 0.2) is 30.3 Å². The van der Waals surface area contributed by atoms with Gasteiger partial charge in [-0.15, -0.1) is 0 Å². The summed E-state index contributed by atoms with van der Waals surface area (Å²) >= 11 is 1.79. The first-order valence-electron chi connectivity index (χ1n) is 8.83. The summed E-state index contributed by atoms with van der Waals surface area (Å²) in [5, 5.41) is 2.94. The number of hydrogen-bond acceptors (Lipinski definition) is 4. The zero-order valence-corrected chi connectivity index (χ0v) is 17.8. The molecule has 0 aliphatic rings. The Morgan fingerprint density at radius 2 is 1.69 bits per heavy atom. The molecule has 1 aromatic rings. The van der Waals surface area contributed by atoms with E-state index in [9.17, 15) is 9.59 Å². The fraction of sp³-hybridized carbons (Fsp3) is 0.600. The zero-order valence-electron chi connectivity index (χ0n) is 17.0. The third-order valence-corrected chi connectivity index (χ3v) is 4.64. The lowest BCUT2D eigenvalue weighted by Gasteiger charge is -2.30. The predicted octanol–water partition coefficient (Wildman–Crippen LogP) is 4.24. The van der Waals surface area contributed by atoms with Gasteiger partial charge in [0.1, 0.15) is 11.6 Å². The minimum Gasteiger partial charge on any atom is -0.444 e. The maximum atomic E-state index is 12.8. The van der Waals surface area contributed by atoms with Crippen LogP contribution in [0.5, 0.6) is 0 Å². The third-order valence-electron chi connectivity index (χ3n) is 3.37. The number of benzene rings is 1. The van der Waals surface area contributed by atoms with Crippen LogP contribution in [0, 0.1) is 0 Å². The van der Waals surface area contributed by atoms with Gasteiger partial charge in [0.25, 0.3) is 0 Å². The van der Waals surface area contributed by atoms with E-state index in [0.717, 1.165) is 11.3 Å². The fourth-order valence-corrected chi connectivity index (χ4v) is 3.07. The summed E-state index contributed by atoms with van der Waals surface area (Å²) in [5.74, 6) is 0.603. The SMILES string of the molecule is CN(C(=O)OC(C)(C)C)C(C(=O)NCCSC(C)(C)C)c1ccccc1. The molecule has 1 N–H and O–H groups in total. The van der Waals surface area contributed by atoms with Gasteiger partial charge in [-0.3, -0.25) is 9.69 Å². The highest BCUT2D eigenvalue weighted by atomic mass is 32.2. The molecule has 0 saturated carbocycles. The first-order chi connectivity index (χ1) is 11.9. The van der Waals surface area contributed by atoms with Crippen LogP contribution < -0.4 is 5.32 Å². The van der Waals surface area contributed by atoms with E-state index in [1.54, 1.807) is 39.6 Å². The van der Waals surface area contributed by atoms with Gasteiger partial charge < -0.3 is 10.1 Å². The van der Waals surface area contributed by atoms with Gasteiger partial charge in [-0.2, -0.15) is 11.8 Å². The second-order valence-electron chi connectivity index (χ2n) is 8.16. The molecule has 5 nitrogen and oxygen atoms in total. The molecule has 1 atom stereocenters. The van der Waals surface area contributed by atoms with Crippen LogP contribution >= 0.6 is 11.8 Å². The molecule has 6 heteroatoms. The zero-order chi connectivity index (χ0) is 20.0. The molecule has 146 valence electrons. The molecule has 2 amide bonds. The van der Waals surface area contributed by atoms with Crippen molar-refractivity contribution in [3.63, 3.8) is 0 Å². The molecule has 26 heavy (non-hydrogen) atoms. The van der Waals surface area contributed by atoms with Crippen molar-refractivity contribution in [2.75, 3.05) is 19.3 Å². The maximum Gasteiger partial charge on any atom is 0.410 e. The van der Waals surface area contributed by atoms with Crippen molar-refractivity contribution in [2.24, 2.45) is 0 Å². The summed E-state index contributed by atoms with van der Waals surface area (Å²) in [5.41, 5.74) is 0.133. The Bertz CT molecular complexity index is 591. The molecule has 0 aromatic heterocycles. The molecule has 1 unspecified atom stereocenters. The number of likely N-dealkylation sites (N-methyl/N-ethyl adjacent to an activating group) is 1. The highest BCUT2D eigenvalue weighted by Gasteiger charge is 2.31. The van der Waals surface area contributed by atoms with E-state index in [1.165, 1.54) is 4.90 Å². The number of carbonyl (C=O) groups is 2. The molecule has 0 saturated heterocycles. The van der Waals surface area contributed by atoms with E-state index >= 15 is 0 Å². The van der Waals surface area contributed by atoms with E-state index in [4.69, 9.17) is 4.74 Å². The van der Waals surface area contributed by atoms with E-state index in [1.807, 2.05) is 30.3 Å². The number of carbonyl (C=O) groups excluding carboxylic acids is 2. The van der Waals surface area contributed by atoms with Crippen LogP contribution in [0.1, 0.15) is 53.1 Å². The quantitative estimate of drug-likeness (QED) is 0.750. The van der Waals surface area contributed by atoms with E-state index in [0.29, 0.717) is 6.54 Å². The van der Waals surface area contributed by atoms with E-state index in [2.05, 4.69) is 26.1 Å². The first-order valence-corrected chi connectivity index (χ1v) is 9.82. The number of hydrogen-bond donors (Lipinski definition) is 1. The van der Waals surface area contributed by atoms with Crippen molar-refractivity contribution >= 4 is 23.8 Å². The van der Waals surface area contributed by atoms with Crippen LogP contribution in [-0.2, 0) is 9.53 Å². The van der Waals surface area contributed by atoms with Crippen molar-refractivity contribution in [3.05, 3.63) is 35.9 Å². The Morgan fingerprint density at radius 1 is 1.12 bits per heavy atom. The normalized spacial score (nSPS) is 13.0.